The van der Waals surface area contributed by atoms with E-state index in [2.05, 4.69) is 21.0 Å². The van der Waals surface area contributed by atoms with Crippen LogP contribution in [0.2, 0.25) is 0 Å². The third-order valence-electron chi connectivity index (χ3n) is 2.68. The van der Waals surface area contributed by atoms with E-state index in [1.165, 1.54) is 6.07 Å². The first kappa shape index (κ1) is 12.6. The van der Waals surface area contributed by atoms with E-state index in [0.717, 1.165) is 15.9 Å². The van der Waals surface area contributed by atoms with Crippen LogP contribution in [0.4, 0.5) is 5.69 Å². The standard InChI is InChI=1S/C12H12BrN3O2/c1-6-11(13)7(2)16(15-6)10-5-8(14)3-4-9(10)12(17)18/h3-5H,14H2,1-2H3,(H,17,18). The molecule has 2 rings (SSSR count). The molecule has 6 heteroatoms. The number of hydrogen-bond acceptors (Lipinski definition) is 3. The van der Waals surface area contributed by atoms with Gasteiger partial charge in [-0.2, -0.15) is 5.10 Å². The van der Waals surface area contributed by atoms with Crippen LogP contribution >= 0.6 is 15.9 Å². The lowest BCUT2D eigenvalue weighted by molar-refractivity contribution is 0.0697. The molecule has 0 radical (unpaired) electrons. The number of aryl methyl sites for hydroxylation is 1. The number of aromatic carboxylic acids is 1. The number of nitrogens with zero attached hydrogens (tertiary/aromatic N) is 2. The number of carboxylic acids is 1. The molecule has 0 atom stereocenters. The largest absolute Gasteiger partial charge is 0.478 e. The van der Waals surface area contributed by atoms with Gasteiger partial charge in [0.2, 0.25) is 0 Å². The van der Waals surface area contributed by atoms with Crippen LogP contribution < -0.4 is 5.73 Å². The number of benzene rings is 1. The maximum absolute atomic E-state index is 11.2. The van der Waals surface area contributed by atoms with Crippen LogP contribution in [0.3, 0.4) is 0 Å². The molecule has 0 aliphatic carbocycles. The van der Waals surface area contributed by atoms with Crippen molar-refractivity contribution in [1.29, 1.82) is 0 Å². The molecular formula is C12H12BrN3O2. The predicted molar refractivity (Wildman–Crippen MR) is 72.1 cm³/mol. The molecule has 0 saturated carbocycles. The van der Waals surface area contributed by atoms with Gasteiger partial charge >= 0.3 is 5.97 Å². The SMILES string of the molecule is Cc1nn(-c2cc(N)ccc2C(=O)O)c(C)c1Br. The summed E-state index contributed by atoms with van der Waals surface area (Å²) >= 11 is 3.42. The Hall–Kier alpha value is -1.82. The van der Waals surface area contributed by atoms with Crippen LogP contribution in [-0.2, 0) is 0 Å². The van der Waals surface area contributed by atoms with Crippen LogP contribution in [-0.4, -0.2) is 20.9 Å². The van der Waals surface area contributed by atoms with E-state index in [4.69, 9.17) is 5.73 Å². The van der Waals surface area contributed by atoms with Gasteiger partial charge in [-0.3, -0.25) is 0 Å². The zero-order chi connectivity index (χ0) is 13.4. The number of rotatable bonds is 2. The van der Waals surface area contributed by atoms with Gasteiger partial charge in [0.25, 0.3) is 0 Å². The molecule has 1 aromatic heterocycles. The normalized spacial score (nSPS) is 10.6. The molecule has 0 aliphatic rings. The molecule has 0 fully saturated rings. The molecule has 0 bridgehead atoms. The third-order valence-corrected chi connectivity index (χ3v) is 3.83. The molecule has 0 saturated heterocycles. The fraction of sp³-hybridized carbons (Fsp3) is 0.167. The quantitative estimate of drug-likeness (QED) is 0.835. The minimum absolute atomic E-state index is 0.169. The highest BCUT2D eigenvalue weighted by molar-refractivity contribution is 9.10. The fourth-order valence-electron chi connectivity index (χ4n) is 1.76. The second kappa shape index (κ2) is 4.45. The van der Waals surface area contributed by atoms with Crippen LogP contribution in [0.15, 0.2) is 22.7 Å². The predicted octanol–water partition coefficient (Wildman–Crippen LogP) is 2.53. The molecule has 94 valence electrons. The van der Waals surface area contributed by atoms with E-state index in [0.29, 0.717) is 11.4 Å². The number of anilines is 1. The summed E-state index contributed by atoms with van der Waals surface area (Å²) in [5.41, 5.74) is 8.48. The van der Waals surface area contributed by atoms with Crippen LogP contribution in [0.25, 0.3) is 5.69 Å². The van der Waals surface area contributed by atoms with E-state index < -0.39 is 5.97 Å². The van der Waals surface area contributed by atoms with Gasteiger partial charge in [0.05, 0.1) is 27.1 Å². The maximum Gasteiger partial charge on any atom is 0.337 e. The minimum atomic E-state index is -1.01. The Morgan fingerprint density at radius 1 is 1.44 bits per heavy atom. The average molecular weight is 310 g/mol. The molecule has 2 aromatic rings. The van der Waals surface area contributed by atoms with Gasteiger partial charge in [-0.05, 0) is 48.0 Å². The molecule has 18 heavy (non-hydrogen) atoms. The first-order chi connectivity index (χ1) is 8.41. The van der Waals surface area contributed by atoms with E-state index in [1.807, 2.05) is 13.8 Å². The Bertz CT molecular complexity index is 634. The highest BCUT2D eigenvalue weighted by Gasteiger charge is 2.17. The molecule has 0 amide bonds. The molecule has 0 unspecified atom stereocenters. The number of aromatic nitrogens is 2. The second-order valence-corrected chi connectivity index (χ2v) is 4.77. The van der Waals surface area contributed by atoms with Crippen molar-refractivity contribution in [2.75, 3.05) is 5.73 Å². The van der Waals surface area contributed by atoms with Gasteiger partial charge in [-0.1, -0.05) is 0 Å². The lowest BCUT2D eigenvalue weighted by atomic mass is 10.1. The average Bonchev–Trinajstić information content (AvgIpc) is 2.56. The summed E-state index contributed by atoms with van der Waals surface area (Å²) in [4.78, 5) is 11.2. The first-order valence-corrected chi connectivity index (χ1v) is 6.06. The Morgan fingerprint density at radius 3 is 2.61 bits per heavy atom. The van der Waals surface area contributed by atoms with Crippen LogP contribution in [0.5, 0.6) is 0 Å². The van der Waals surface area contributed by atoms with Crippen molar-refractivity contribution in [3.05, 3.63) is 39.6 Å². The lowest BCUT2D eigenvalue weighted by Crippen LogP contribution is -2.08. The van der Waals surface area contributed by atoms with Gasteiger partial charge in [0.1, 0.15) is 0 Å². The van der Waals surface area contributed by atoms with Crippen molar-refractivity contribution in [1.82, 2.24) is 9.78 Å². The van der Waals surface area contributed by atoms with Crippen molar-refractivity contribution in [2.45, 2.75) is 13.8 Å². The second-order valence-electron chi connectivity index (χ2n) is 3.98. The zero-order valence-corrected chi connectivity index (χ0v) is 11.5. The van der Waals surface area contributed by atoms with Gasteiger partial charge in [0, 0.05) is 5.69 Å². The van der Waals surface area contributed by atoms with Crippen molar-refractivity contribution in [2.24, 2.45) is 0 Å². The topological polar surface area (TPSA) is 81.1 Å². The van der Waals surface area contributed by atoms with Gasteiger partial charge in [-0.15, -0.1) is 0 Å². The zero-order valence-electron chi connectivity index (χ0n) is 9.94. The van der Waals surface area contributed by atoms with E-state index >= 15 is 0 Å². The van der Waals surface area contributed by atoms with Crippen LogP contribution in [0.1, 0.15) is 21.7 Å². The molecule has 0 aliphatic heterocycles. The van der Waals surface area contributed by atoms with Gasteiger partial charge in [-0.25, -0.2) is 9.48 Å². The van der Waals surface area contributed by atoms with E-state index in [9.17, 15) is 9.90 Å². The molecule has 0 spiro atoms. The summed E-state index contributed by atoms with van der Waals surface area (Å²) in [6, 6.07) is 4.65. The highest BCUT2D eigenvalue weighted by Crippen LogP contribution is 2.26. The monoisotopic (exact) mass is 309 g/mol. The minimum Gasteiger partial charge on any atom is -0.478 e. The molecule has 1 aromatic carbocycles. The Balaban J connectivity index is 2.73. The summed E-state index contributed by atoms with van der Waals surface area (Å²) in [6.07, 6.45) is 0. The van der Waals surface area contributed by atoms with Crippen molar-refractivity contribution in [3.8, 4) is 5.69 Å². The number of carbonyl (C=O) groups is 1. The summed E-state index contributed by atoms with van der Waals surface area (Å²) in [5, 5.41) is 13.5. The highest BCUT2D eigenvalue weighted by atomic mass is 79.9. The third kappa shape index (κ3) is 1.99. The Kier molecular flexibility index (Phi) is 3.13. The smallest absolute Gasteiger partial charge is 0.337 e. The Morgan fingerprint density at radius 2 is 2.11 bits per heavy atom. The van der Waals surface area contributed by atoms with Gasteiger partial charge < -0.3 is 10.8 Å². The molecular weight excluding hydrogens is 298 g/mol. The summed E-state index contributed by atoms with van der Waals surface area (Å²) in [7, 11) is 0. The number of nitrogen functional groups attached to an aromatic ring is 1. The number of carboxylic acid groups (broad SMARTS) is 1. The number of halogens is 1. The Labute approximate surface area is 112 Å². The maximum atomic E-state index is 11.2. The van der Waals surface area contributed by atoms with E-state index in [-0.39, 0.29) is 5.56 Å². The van der Waals surface area contributed by atoms with Gasteiger partial charge in [0.15, 0.2) is 0 Å². The van der Waals surface area contributed by atoms with Crippen molar-refractivity contribution < 1.29 is 9.90 Å². The molecule has 3 N–H and O–H groups in total. The van der Waals surface area contributed by atoms with Crippen LogP contribution in [0, 0.1) is 13.8 Å². The number of nitrogens with two attached hydrogens (primary N) is 1. The molecule has 5 nitrogen and oxygen atoms in total. The summed E-state index contributed by atoms with van der Waals surface area (Å²) < 4.78 is 2.44. The molecule has 1 heterocycles. The lowest BCUT2D eigenvalue weighted by Gasteiger charge is -2.09. The summed E-state index contributed by atoms with van der Waals surface area (Å²) in [5.74, 6) is -1.01. The first-order valence-electron chi connectivity index (χ1n) is 5.26. The summed E-state index contributed by atoms with van der Waals surface area (Å²) in [6.45, 7) is 3.71. The fourth-order valence-corrected chi connectivity index (χ4v) is 2.01. The van der Waals surface area contributed by atoms with Crippen molar-refractivity contribution >= 4 is 27.6 Å². The number of hydrogen-bond donors (Lipinski definition) is 2. The van der Waals surface area contributed by atoms with Crippen molar-refractivity contribution in [3.63, 3.8) is 0 Å². The van der Waals surface area contributed by atoms with E-state index in [1.54, 1.807) is 16.8 Å².